The third-order valence-corrected chi connectivity index (χ3v) is 4.36. The molecule has 0 aliphatic heterocycles. The standard InChI is InChI=1S/C15H20ClN3/c1-9-7-12-14(17-8-9)19(13(18-12)10(2)16)15(3,4)11-5-6-11/h7-8,10-11H,5-6H2,1-4H3. The van der Waals surface area contributed by atoms with Crippen LogP contribution in [0.1, 0.15) is 50.4 Å². The summed E-state index contributed by atoms with van der Waals surface area (Å²) in [6.07, 6.45) is 4.48. The number of fused-ring (bicyclic) bond motifs is 1. The van der Waals surface area contributed by atoms with E-state index in [2.05, 4.69) is 29.5 Å². The summed E-state index contributed by atoms with van der Waals surface area (Å²) in [5.74, 6) is 1.65. The van der Waals surface area contributed by atoms with Crippen molar-refractivity contribution in [3.63, 3.8) is 0 Å². The fourth-order valence-corrected chi connectivity index (χ4v) is 3.04. The lowest BCUT2D eigenvalue weighted by Crippen LogP contribution is -2.31. The zero-order valence-corrected chi connectivity index (χ0v) is 12.7. The maximum atomic E-state index is 6.34. The van der Waals surface area contributed by atoms with Gasteiger partial charge in [0, 0.05) is 11.7 Å². The molecule has 102 valence electrons. The van der Waals surface area contributed by atoms with Gasteiger partial charge in [-0.15, -0.1) is 11.6 Å². The first-order chi connectivity index (χ1) is 8.91. The minimum Gasteiger partial charge on any atom is -0.306 e. The number of pyridine rings is 1. The molecule has 2 heterocycles. The van der Waals surface area contributed by atoms with Crippen LogP contribution >= 0.6 is 11.6 Å². The van der Waals surface area contributed by atoms with E-state index >= 15 is 0 Å². The molecular formula is C15H20ClN3. The van der Waals surface area contributed by atoms with E-state index in [4.69, 9.17) is 16.6 Å². The molecule has 0 saturated heterocycles. The van der Waals surface area contributed by atoms with Gasteiger partial charge in [-0.1, -0.05) is 0 Å². The zero-order valence-electron chi connectivity index (χ0n) is 11.9. The summed E-state index contributed by atoms with van der Waals surface area (Å²) < 4.78 is 2.26. The average Bonchev–Trinajstić information content (AvgIpc) is 3.10. The molecule has 2 aromatic rings. The average molecular weight is 278 g/mol. The van der Waals surface area contributed by atoms with Crippen molar-refractivity contribution in [1.82, 2.24) is 14.5 Å². The molecule has 0 aromatic carbocycles. The Bertz CT molecular complexity index is 624. The molecule has 0 N–H and O–H groups in total. The van der Waals surface area contributed by atoms with Crippen LogP contribution in [0.4, 0.5) is 0 Å². The predicted molar refractivity (Wildman–Crippen MR) is 78.6 cm³/mol. The Balaban J connectivity index is 2.27. The van der Waals surface area contributed by atoms with Crippen LogP contribution in [0.3, 0.4) is 0 Å². The van der Waals surface area contributed by atoms with E-state index in [1.54, 1.807) is 0 Å². The minimum absolute atomic E-state index is 0.0372. The number of nitrogens with zero attached hydrogens (tertiary/aromatic N) is 3. The Morgan fingerprint density at radius 1 is 1.42 bits per heavy atom. The molecule has 4 heteroatoms. The number of alkyl halides is 1. The van der Waals surface area contributed by atoms with E-state index in [-0.39, 0.29) is 10.9 Å². The number of hydrogen-bond donors (Lipinski definition) is 0. The Labute approximate surface area is 119 Å². The highest BCUT2D eigenvalue weighted by molar-refractivity contribution is 6.20. The van der Waals surface area contributed by atoms with Crippen LogP contribution in [-0.4, -0.2) is 14.5 Å². The zero-order chi connectivity index (χ0) is 13.8. The van der Waals surface area contributed by atoms with Crippen LogP contribution in [0.25, 0.3) is 11.2 Å². The molecular weight excluding hydrogens is 258 g/mol. The summed E-state index contributed by atoms with van der Waals surface area (Å²) in [6.45, 7) is 8.57. The lowest BCUT2D eigenvalue weighted by Gasteiger charge is -2.29. The van der Waals surface area contributed by atoms with Gasteiger partial charge in [0.15, 0.2) is 5.65 Å². The first-order valence-corrected chi connectivity index (χ1v) is 7.34. The van der Waals surface area contributed by atoms with Crippen LogP contribution in [0, 0.1) is 12.8 Å². The maximum absolute atomic E-state index is 6.34. The maximum Gasteiger partial charge on any atom is 0.160 e. The Kier molecular flexibility index (Phi) is 2.86. The number of imidazole rings is 1. The molecule has 0 bridgehead atoms. The van der Waals surface area contributed by atoms with Gasteiger partial charge in [0.1, 0.15) is 11.3 Å². The summed E-state index contributed by atoms with van der Waals surface area (Å²) in [4.78, 5) is 9.32. The van der Waals surface area contributed by atoms with Crippen LogP contribution in [0.15, 0.2) is 12.3 Å². The molecule has 1 saturated carbocycles. The quantitative estimate of drug-likeness (QED) is 0.788. The molecule has 1 atom stereocenters. The smallest absolute Gasteiger partial charge is 0.160 e. The van der Waals surface area contributed by atoms with Gasteiger partial charge < -0.3 is 4.57 Å². The van der Waals surface area contributed by atoms with Gasteiger partial charge in [-0.2, -0.15) is 0 Å². The fourth-order valence-electron chi connectivity index (χ4n) is 2.89. The third kappa shape index (κ3) is 2.04. The highest BCUT2D eigenvalue weighted by Gasteiger charge is 2.41. The van der Waals surface area contributed by atoms with E-state index < -0.39 is 0 Å². The molecule has 0 amide bonds. The van der Waals surface area contributed by atoms with Crippen molar-refractivity contribution in [2.24, 2.45) is 5.92 Å². The van der Waals surface area contributed by atoms with Crippen LogP contribution in [0.2, 0.25) is 0 Å². The Morgan fingerprint density at radius 3 is 2.68 bits per heavy atom. The molecule has 2 aromatic heterocycles. The summed E-state index contributed by atoms with van der Waals surface area (Å²) >= 11 is 6.34. The van der Waals surface area contributed by atoms with Crippen molar-refractivity contribution in [2.75, 3.05) is 0 Å². The monoisotopic (exact) mass is 277 g/mol. The Morgan fingerprint density at radius 2 is 2.11 bits per heavy atom. The first-order valence-electron chi connectivity index (χ1n) is 6.91. The van der Waals surface area contributed by atoms with Gasteiger partial charge in [-0.25, -0.2) is 9.97 Å². The number of aromatic nitrogens is 3. The van der Waals surface area contributed by atoms with Gasteiger partial charge in [0.05, 0.1) is 5.38 Å². The van der Waals surface area contributed by atoms with Crippen LogP contribution < -0.4 is 0 Å². The molecule has 0 spiro atoms. The number of rotatable bonds is 3. The first kappa shape index (κ1) is 12.9. The fraction of sp³-hybridized carbons (Fsp3) is 0.600. The van der Waals surface area contributed by atoms with Gasteiger partial charge in [-0.05, 0) is 58.1 Å². The van der Waals surface area contributed by atoms with Crippen molar-refractivity contribution in [3.05, 3.63) is 23.7 Å². The van der Waals surface area contributed by atoms with E-state index in [0.29, 0.717) is 5.92 Å². The third-order valence-electron chi connectivity index (χ3n) is 4.17. The molecule has 0 radical (unpaired) electrons. The van der Waals surface area contributed by atoms with Gasteiger partial charge in [0.2, 0.25) is 0 Å². The van der Waals surface area contributed by atoms with E-state index in [1.165, 1.54) is 12.8 Å². The summed E-state index contributed by atoms with van der Waals surface area (Å²) in [7, 11) is 0. The highest BCUT2D eigenvalue weighted by Crippen LogP contribution is 2.46. The molecule has 1 fully saturated rings. The number of halogens is 1. The molecule has 1 aliphatic carbocycles. The molecule has 1 unspecified atom stereocenters. The van der Waals surface area contributed by atoms with Gasteiger partial charge in [-0.3, -0.25) is 0 Å². The van der Waals surface area contributed by atoms with Crippen molar-refractivity contribution in [1.29, 1.82) is 0 Å². The Hall–Kier alpha value is -1.09. The molecule has 1 aliphatic rings. The predicted octanol–water partition coefficient (Wildman–Crippen LogP) is 4.18. The highest BCUT2D eigenvalue weighted by atomic mass is 35.5. The van der Waals surface area contributed by atoms with Crippen molar-refractivity contribution in [2.45, 2.75) is 51.5 Å². The molecule has 3 rings (SSSR count). The second-order valence-corrected chi connectivity index (χ2v) is 6.86. The van der Waals surface area contributed by atoms with E-state index in [9.17, 15) is 0 Å². The number of aryl methyl sites for hydroxylation is 1. The largest absolute Gasteiger partial charge is 0.306 e. The van der Waals surface area contributed by atoms with Crippen molar-refractivity contribution < 1.29 is 0 Å². The summed E-state index contributed by atoms with van der Waals surface area (Å²) in [6, 6.07) is 2.09. The molecule has 19 heavy (non-hydrogen) atoms. The summed E-state index contributed by atoms with van der Waals surface area (Å²) in [5, 5.41) is -0.104. The van der Waals surface area contributed by atoms with Crippen LogP contribution in [0.5, 0.6) is 0 Å². The number of hydrogen-bond acceptors (Lipinski definition) is 2. The van der Waals surface area contributed by atoms with Gasteiger partial charge in [0.25, 0.3) is 0 Å². The minimum atomic E-state index is -0.104. The SMILES string of the molecule is Cc1cnc2c(c1)nc(C(C)Cl)n2C(C)(C)C1CC1. The molecule has 3 nitrogen and oxygen atoms in total. The van der Waals surface area contributed by atoms with E-state index in [0.717, 1.165) is 22.6 Å². The van der Waals surface area contributed by atoms with E-state index in [1.807, 2.05) is 20.0 Å². The lowest BCUT2D eigenvalue weighted by atomic mass is 9.98. The second-order valence-electron chi connectivity index (χ2n) is 6.20. The van der Waals surface area contributed by atoms with Crippen molar-refractivity contribution >= 4 is 22.8 Å². The van der Waals surface area contributed by atoms with Crippen LogP contribution in [-0.2, 0) is 5.54 Å². The van der Waals surface area contributed by atoms with Gasteiger partial charge >= 0.3 is 0 Å². The lowest BCUT2D eigenvalue weighted by molar-refractivity contribution is 0.302. The normalized spacial score (nSPS) is 17.9. The second kappa shape index (κ2) is 4.20. The topological polar surface area (TPSA) is 30.7 Å². The van der Waals surface area contributed by atoms with Crippen molar-refractivity contribution in [3.8, 4) is 0 Å². The summed E-state index contributed by atoms with van der Waals surface area (Å²) in [5.41, 5.74) is 3.09.